The van der Waals surface area contributed by atoms with Gasteiger partial charge in [0, 0.05) is 10.5 Å². The summed E-state index contributed by atoms with van der Waals surface area (Å²) in [5.41, 5.74) is 2.26. The van der Waals surface area contributed by atoms with E-state index >= 15 is 0 Å². The lowest BCUT2D eigenvalue weighted by atomic mass is 10.2. The largest absolute Gasteiger partial charge is 0.494 e. The minimum absolute atomic E-state index is 0.809. The van der Waals surface area contributed by atoms with E-state index in [9.17, 15) is 0 Å². The number of thioether (sulfide) groups is 1. The minimum atomic E-state index is 0.809. The van der Waals surface area contributed by atoms with Gasteiger partial charge >= 0.3 is 0 Å². The fraction of sp³-hybridized carbons (Fsp3) is 0.500. The maximum Gasteiger partial charge on any atom is 0.124 e. The van der Waals surface area contributed by atoms with E-state index in [4.69, 9.17) is 9.72 Å². The Hall–Kier alpha value is -1.52. The van der Waals surface area contributed by atoms with Crippen molar-refractivity contribution in [1.82, 2.24) is 4.98 Å². The van der Waals surface area contributed by atoms with Gasteiger partial charge < -0.3 is 4.74 Å². The molecule has 2 aromatic carbocycles. The van der Waals surface area contributed by atoms with E-state index in [1.54, 1.807) is 11.3 Å². The van der Waals surface area contributed by atoms with E-state index in [1.165, 1.54) is 72.3 Å². The molecule has 0 aliphatic carbocycles. The predicted octanol–water partition coefficient (Wildman–Crippen LogP) is 8.98. The van der Waals surface area contributed by atoms with Gasteiger partial charge in [-0.3, -0.25) is 0 Å². The Labute approximate surface area is 190 Å². The summed E-state index contributed by atoms with van der Waals surface area (Å²) in [7, 11) is 0. The molecule has 0 amide bonds. The number of benzene rings is 2. The molecule has 3 rings (SSSR count). The van der Waals surface area contributed by atoms with Crippen LogP contribution in [0.5, 0.6) is 5.75 Å². The molecule has 0 fully saturated rings. The summed E-state index contributed by atoms with van der Waals surface area (Å²) in [6.07, 6.45) is 11.6. The summed E-state index contributed by atoms with van der Waals surface area (Å²) in [6.45, 7) is 5.32. The standard InChI is InChI=1S/C26H35NOS2/c1-3-5-7-9-10-18-28-22-14-12-21(13-15-22)26-27-24-17-16-23(20-25(24)30-26)29-19-11-8-6-4-2/h12-17,20H,3-11,18-19H2,1-2H3. The van der Waals surface area contributed by atoms with Gasteiger partial charge in [-0.1, -0.05) is 58.8 Å². The van der Waals surface area contributed by atoms with Crippen molar-refractivity contribution in [1.29, 1.82) is 0 Å². The van der Waals surface area contributed by atoms with Crippen LogP contribution in [0.2, 0.25) is 0 Å². The van der Waals surface area contributed by atoms with E-state index in [0.717, 1.165) is 29.3 Å². The third-order valence-corrected chi connectivity index (χ3v) is 7.39. The number of hydrogen-bond acceptors (Lipinski definition) is 4. The molecule has 1 heterocycles. The van der Waals surface area contributed by atoms with Gasteiger partial charge in [0.2, 0.25) is 0 Å². The molecule has 0 aliphatic heterocycles. The number of ether oxygens (including phenoxy) is 1. The van der Waals surface area contributed by atoms with Crippen molar-refractivity contribution in [3.05, 3.63) is 42.5 Å². The SMILES string of the molecule is CCCCCCCOc1ccc(-c2nc3ccc(SCCCCCC)cc3s2)cc1. The van der Waals surface area contributed by atoms with Crippen LogP contribution < -0.4 is 4.74 Å². The average Bonchev–Trinajstić information content (AvgIpc) is 3.20. The summed E-state index contributed by atoms with van der Waals surface area (Å²) in [4.78, 5) is 6.21. The van der Waals surface area contributed by atoms with Crippen LogP contribution in [0.3, 0.4) is 0 Å². The van der Waals surface area contributed by atoms with Gasteiger partial charge in [-0.25, -0.2) is 4.98 Å². The number of rotatable bonds is 14. The molecule has 162 valence electrons. The fourth-order valence-electron chi connectivity index (χ4n) is 3.43. The van der Waals surface area contributed by atoms with Gasteiger partial charge in [0.05, 0.1) is 16.8 Å². The second-order valence-electron chi connectivity index (χ2n) is 7.84. The highest BCUT2D eigenvalue weighted by Crippen LogP contribution is 2.33. The third kappa shape index (κ3) is 7.31. The Bertz CT molecular complexity index is 872. The zero-order valence-corrected chi connectivity index (χ0v) is 20.1. The molecule has 1 aromatic heterocycles. The summed E-state index contributed by atoms with van der Waals surface area (Å²) in [5, 5.41) is 1.08. The normalized spacial score (nSPS) is 11.3. The fourth-order valence-corrected chi connectivity index (χ4v) is 5.46. The molecular formula is C26H35NOS2. The van der Waals surface area contributed by atoms with Crippen LogP contribution in [-0.2, 0) is 0 Å². The number of unbranched alkanes of at least 4 members (excludes halogenated alkanes) is 7. The third-order valence-electron chi connectivity index (χ3n) is 5.24. The molecule has 0 saturated heterocycles. The van der Waals surface area contributed by atoms with Gasteiger partial charge in [-0.05, 0) is 61.1 Å². The molecule has 0 bridgehead atoms. The number of nitrogens with zero attached hydrogens (tertiary/aromatic N) is 1. The van der Waals surface area contributed by atoms with Crippen molar-refractivity contribution < 1.29 is 4.74 Å². The quantitative estimate of drug-likeness (QED) is 0.184. The lowest BCUT2D eigenvalue weighted by Gasteiger charge is -2.06. The van der Waals surface area contributed by atoms with E-state index in [2.05, 4.69) is 56.3 Å². The van der Waals surface area contributed by atoms with Crippen LogP contribution in [0.25, 0.3) is 20.8 Å². The molecule has 2 nitrogen and oxygen atoms in total. The maximum absolute atomic E-state index is 5.89. The van der Waals surface area contributed by atoms with Gasteiger partial charge in [0.1, 0.15) is 10.8 Å². The lowest BCUT2D eigenvalue weighted by Crippen LogP contribution is -1.97. The molecule has 30 heavy (non-hydrogen) atoms. The first-order valence-corrected chi connectivity index (χ1v) is 13.4. The van der Waals surface area contributed by atoms with Crippen molar-refractivity contribution in [2.24, 2.45) is 0 Å². The number of hydrogen-bond donors (Lipinski definition) is 0. The number of aromatic nitrogens is 1. The van der Waals surface area contributed by atoms with Crippen molar-refractivity contribution in [3.63, 3.8) is 0 Å². The Morgan fingerprint density at radius 3 is 2.33 bits per heavy atom. The first-order valence-electron chi connectivity index (χ1n) is 11.6. The highest BCUT2D eigenvalue weighted by atomic mass is 32.2. The maximum atomic E-state index is 5.89. The van der Waals surface area contributed by atoms with E-state index in [1.807, 2.05) is 11.8 Å². The average molecular weight is 442 g/mol. The van der Waals surface area contributed by atoms with Crippen LogP contribution in [0.15, 0.2) is 47.4 Å². The summed E-state index contributed by atoms with van der Waals surface area (Å²) < 4.78 is 7.17. The predicted molar refractivity (Wildman–Crippen MR) is 134 cm³/mol. The topological polar surface area (TPSA) is 22.1 Å². The van der Waals surface area contributed by atoms with Crippen LogP contribution in [-0.4, -0.2) is 17.3 Å². The zero-order valence-electron chi connectivity index (χ0n) is 18.5. The molecule has 3 aromatic rings. The van der Waals surface area contributed by atoms with E-state index in [-0.39, 0.29) is 0 Å². The van der Waals surface area contributed by atoms with Crippen molar-refractivity contribution >= 4 is 33.3 Å². The second kappa shape index (κ2) is 13.0. The molecule has 0 radical (unpaired) electrons. The van der Waals surface area contributed by atoms with Crippen LogP contribution in [0.1, 0.15) is 71.6 Å². The Kier molecular flexibility index (Phi) is 10.0. The smallest absolute Gasteiger partial charge is 0.124 e. The molecule has 0 atom stereocenters. The first-order chi connectivity index (χ1) is 14.8. The second-order valence-corrected chi connectivity index (χ2v) is 10.0. The van der Waals surface area contributed by atoms with E-state index in [0.29, 0.717) is 0 Å². The Morgan fingerprint density at radius 2 is 1.57 bits per heavy atom. The van der Waals surface area contributed by atoms with Crippen LogP contribution >= 0.6 is 23.1 Å². The summed E-state index contributed by atoms with van der Waals surface area (Å²) >= 11 is 3.75. The lowest BCUT2D eigenvalue weighted by molar-refractivity contribution is 0.304. The van der Waals surface area contributed by atoms with Crippen molar-refractivity contribution in [2.75, 3.05) is 12.4 Å². The molecular weight excluding hydrogens is 406 g/mol. The highest BCUT2D eigenvalue weighted by Gasteiger charge is 2.08. The van der Waals surface area contributed by atoms with Crippen molar-refractivity contribution in [3.8, 4) is 16.3 Å². The van der Waals surface area contributed by atoms with Crippen LogP contribution in [0, 0.1) is 0 Å². The van der Waals surface area contributed by atoms with E-state index < -0.39 is 0 Å². The van der Waals surface area contributed by atoms with Gasteiger partial charge in [0.15, 0.2) is 0 Å². The number of thiazole rings is 1. The molecule has 0 spiro atoms. The summed E-state index contributed by atoms with van der Waals surface area (Å²) in [5.74, 6) is 2.16. The van der Waals surface area contributed by atoms with Gasteiger partial charge in [0.25, 0.3) is 0 Å². The Balaban J connectivity index is 1.53. The molecule has 0 aliphatic rings. The molecule has 4 heteroatoms. The Morgan fingerprint density at radius 1 is 0.833 bits per heavy atom. The monoisotopic (exact) mass is 441 g/mol. The summed E-state index contributed by atoms with van der Waals surface area (Å²) in [6, 6.07) is 15.1. The minimum Gasteiger partial charge on any atom is -0.494 e. The first kappa shape index (κ1) is 23.1. The van der Waals surface area contributed by atoms with Crippen molar-refractivity contribution in [2.45, 2.75) is 76.5 Å². The highest BCUT2D eigenvalue weighted by molar-refractivity contribution is 7.99. The van der Waals surface area contributed by atoms with Crippen LogP contribution in [0.4, 0.5) is 0 Å². The molecule has 0 unspecified atom stereocenters. The molecule has 0 saturated carbocycles. The molecule has 0 N–H and O–H groups in total. The number of fused-ring (bicyclic) bond motifs is 1. The van der Waals surface area contributed by atoms with Gasteiger partial charge in [-0.2, -0.15) is 0 Å². The van der Waals surface area contributed by atoms with Gasteiger partial charge in [-0.15, -0.1) is 23.1 Å². The zero-order chi connectivity index (χ0) is 21.0.